The maximum absolute atomic E-state index is 13.0. The van der Waals surface area contributed by atoms with Crippen LogP contribution in [0, 0.1) is 0 Å². The largest absolute Gasteiger partial charge is 0.479 e. The minimum Gasteiger partial charge on any atom is -0.479 e. The second-order valence-corrected chi connectivity index (χ2v) is 7.59. The van der Waals surface area contributed by atoms with Crippen molar-refractivity contribution in [3.05, 3.63) is 90.0 Å². The summed E-state index contributed by atoms with van der Waals surface area (Å²) in [7, 11) is 0. The molecule has 2 amide bonds. The van der Waals surface area contributed by atoms with Crippen LogP contribution in [0.15, 0.2) is 78.9 Å². The van der Waals surface area contributed by atoms with Crippen LogP contribution in [0.25, 0.3) is 0 Å². The van der Waals surface area contributed by atoms with Crippen molar-refractivity contribution in [2.24, 2.45) is 0 Å². The first-order chi connectivity index (χ1) is 15.0. The van der Waals surface area contributed by atoms with Gasteiger partial charge in [-0.15, -0.1) is 0 Å². The van der Waals surface area contributed by atoms with Gasteiger partial charge in [0.25, 0.3) is 5.91 Å². The molecule has 0 aliphatic carbocycles. The summed E-state index contributed by atoms with van der Waals surface area (Å²) >= 11 is 0. The Bertz CT molecular complexity index is 1030. The molecule has 3 aromatic carbocycles. The molecular formula is C25H25N3O3. The lowest BCUT2D eigenvalue weighted by molar-refractivity contribution is -0.123. The number of nitrogens with one attached hydrogen (secondary N) is 3. The summed E-state index contributed by atoms with van der Waals surface area (Å²) in [6.07, 6.45) is -0.524. The number of hydrogen-bond donors (Lipinski definition) is 3. The molecule has 4 rings (SSSR count). The molecule has 0 aromatic heterocycles. The van der Waals surface area contributed by atoms with Gasteiger partial charge < -0.3 is 20.7 Å². The van der Waals surface area contributed by atoms with Gasteiger partial charge in [-0.05, 0) is 43.2 Å². The summed E-state index contributed by atoms with van der Waals surface area (Å²) in [5, 5.41) is 9.18. The number of benzene rings is 3. The first-order valence-corrected chi connectivity index (χ1v) is 10.3. The molecule has 6 heteroatoms. The minimum atomic E-state index is -0.524. The molecule has 0 bridgehead atoms. The number of hydrogen-bond acceptors (Lipinski definition) is 4. The molecule has 1 aliphatic rings. The van der Waals surface area contributed by atoms with E-state index in [1.807, 2.05) is 66.7 Å². The molecule has 0 saturated heterocycles. The van der Waals surface area contributed by atoms with E-state index in [1.54, 1.807) is 26.0 Å². The van der Waals surface area contributed by atoms with E-state index in [9.17, 15) is 9.59 Å². The van der Waals surface area contributed by atoms with Gasteiger partial charge in [-0.2, -0.15) is 0 Å². The van der Waals surface area contributed by atoms with E-state index in [0.29, 0.717) is 11.4 Å². The SMILES string of the molecule is C[C@@H](Nc1ccc2c(c1)NC(=O)[C@@H](C)O2)C(=O)NC(c1ccccc1)c1ccccc1. The monoisotopic (exact) mass is 415 g/mol. The van der Waals surface area contributed by atoms with Crippen molar-refractivity contribution < 1.29 is 14.3 Å². The molecule has 0 saturated carbocycles. The number of amides is 2. The smallest absolute Gasteiger partial charge is 0.265 e. The molecule has 0 fully saturated rings. The molecule has 3 aromatic rings. The molecule has 31 heavy (non-hydrogen) atoms. The van der Waals surface area contributed by atoms with Crippen LogP contribution in [-0.4, -0.2) is 24.0 Å². The van der Waals surface area contributed by atoms with E-state index in [2.05, 4.69) is 16.0 Å². The molecule has 3 N–H and O–H groups in total. The highest BCUT2D eigenvalue weighted by Crippen LogP contribution is 2.32. The van der Waals surface area contributed by atoms with Gasteiger partial charge in [0.2, 0.25) is 5.91 Å². The second kappa shape index (κ2) is 8.92. The van der Waals surface area contributed by atoms with Gasteiger partial charge in [0.05, 0.1) is 11.7 Å². The van der Waals surface area contributed by atoms with E-state index in [1.165, 1.54) is 0 Å². The van der Waals surface area contributed by atoms with Crippen LogP contribution in [-0.2, 0) is 9.59 Å². The van der Waals surface area contributed by atoms with Crippen molar-refractivity contribution in [3.8, 4) is 5.75 Å². The highest BCUT2D eigenvalue weighted by atomic mass is 16.5. The van der Waals surface area contributed by atoms with Crippen LogP contribution in [0.2, 0.25) is 0 Å². The Morgan fingerprint density at radius 3 is 2.19 bits per heavy atom. The van der Waals surface area contributed by atoms with Crippen molar-refractivity contribution in [1.82, 2.24) is 5.32 Å². The van der Waals surface area contributed by atoms with Gasteiger partial charge in [0, 0.05) is 5.69 Å². The quantitative estimate of drug-likeness (QED) is 0.566. The molecule has 158 valence electrons. The van der Waals surface area contributed by atoms with Crippen LogP contribution < -0.4 is 20.7 Å². The zero-order valence-corrected chi connectivity index (χ0v) is 17.5. The summed E-state index contributed by atoms with van der Waals surface area (Å²) in [6, 6.07) is 24.4. The lowest BCUT2D eigenvalue weighted by Crippen LogP contribution is -2.40. The van der Waals surface area contributed by atoms with E-state index < -0.39 is 12.1 Å². The number of carbonyl (C=O) groups excluding carboxylic acids is 2. The highest BCUT2D eigenvalue weighted by Gasteiger charge is 2.24. The van der Waals surface area contributed by atoms with Crippen molar-refractivity contribution in [2.75, 3.05) is 10.6 Å². The maximum Gasteiger partial charge on any atom is 0.265 e. The second-order valence-electron chi connectivity index (χ2n) is 7.59. The molecule has 1 heterocycles. The Hall–Kier alpha value is -3.80. The van der Waals surface area contributed by atoms with Gasteiger partial charge in [0.1, 0.15) is 11.8 Å². The zero-order chi connectivity index (χ0) is 21.8. The summed E-state index contributed by atoms with van der Waals surface area (Å²) in [4.78, 5) is 24.9. The Morgan fingerprint density at radius 2 is 1.58 bits per heavy atom. The van der Waals surface area contributed by atoms with Crippen molar-refractivity contribution in [3.63, 3.8) is 0 Å². The van der Waals surface area contributed by atoms with Gasteiger partial charge in [0.15, 0.2) is 6.10 Å². The fourth-order valence-electron chi connectivity index (χ4n) is 3.53. The summed E-state index contributed by atoms with van der Waals surface area (Å²) in [6.45, 7) is 3.51. The molecule has 6 nitrogen and oxygen atoms in total. The number of anilines is 2. The Labute approximate surface area is 181 Å². The predicted octanol–water partition coefficient (Wildman–Crippen LogP) is 4.11. The summed E-state index contributed by atoms with van der Waals surface area (Å²) in [5.74, 6) is 0.288. The zero-order valence-electron chi connectivity index (χ0n) is 17.5. The Morgan fingerprint density at radius 1 is 0.968 bits per heavy atom. The summed E-state index contributed by atoms with van der Waals surface area (Å²) < 4.78 is 5.58. The van der Waals surface area contributed by atoms with Crippen LogP contribution in [0.1, 0.15) is 31.0 Å². The molecular weight excluding hydrogens is 390 g/mol. The third-order valence-corrected chi connectivity index (χ3v) is 5.24. The molecule has 0 unspecified atom stereocenters. The van der Waals surface area contributed by atoms with Gasteiger partial charge in [-0.3, -0.25) is 9.59 Å². The number of ether oxygens (including phenoxy) is 1. The summed E-state index contributed by atoms with van der Waals surface area (Å²) in [5.41, 5.74) is 3.33. The first-order valence-electron chi connectivity index (χ1n) is 10.3. The lowest BCUT2D eigenvalue weighted by atomic mass is 9.98. The van der Waals surface area contributed by atoms with E-state index in [4.69, 9.17) is 4.74 Å². The topological polar surface area (TPSA) is 79.5 Å². The number of carbonyl (C=O) groups is 2. The molecule has 0 spiro atoms. The Balaban J connectivity index is 1.48. The third kappa shape index (κ3) is 4.69. The van der Waals surface area contributed by atoms with Crippen molar-refractivity contribution in [2.45, 2.75) is 32.0 Å². The standard InChI is InChI=1S/C25H25N3O3/c1-16(26-20-13-14-22-21(15-20)27-25(30)17(2)31-22)24(29)28-23(18-9-5-3-6-10-18)19-11-7-4-8-12-19/h3-17,23,26H,1-2H3,(H,27,30)(H,28,29)/t16-,17-/m1/s1. The highest BCUT2D eigenvalue weighted by molar-refractivity contribution is 5.98. The van der Waals surface area contributed by atoms with E-state index in [0.717, 1.165) is 16.8 Å². The van der Waals surface area contributed by atoms with Crippen LogP contribution in [0.5, 0.6) is 5.75 Å². The van der Waals surface area contributed by atoms with Gasteiger partial charge in [-0.25, -0.2) is 0 Å². The van der Waals surface area contributed by atoms with Crippen LogP contribution in [0.3, 0.4) is 0 Å². The minimum absolute atomic E-state index is 0.135. The van der Waals surface area contributed by atoms with E-state index >= 15 is 0 Å². The van der Waals surface area contributed by atoms with Crippen molar-refractivity contribution >= 4 is 23.2 Å². The number of rotatable bonds is 6. The lowest BCUT2D eigenvalue weighted by Gasteiger charge is -2.25. The average Bonchev–Trinajstić information content (AvgIpc) is 2.79. The maximum atomic E-state index is 13.0. The molecule has 1 aliphatic heterocycles. The molecule has 0 radical (unpaired) electrons. The van der Waals surface area contributed by atoms with Gasteiger partial charge >= 0.3 is 0 Å². The normalized spacial score (nSPS) is 16.0. The fourth-order valence-corrected chi connectivity index (χ4v) is 3.53. The molecule has 2 atom stereocenters. The van der Waals surface area contributed by atoms with E-state index in [-0.39, 0.29) is 17.9 Å². The third-order valence-electron chi connectivity index (χ3n) is 5.24. The van der Waals surface area contributed by atoms with Gasteiger partial charge in [-0.1, -0.05) is 60.7 Å². The van der Waals surface area contributed by atoms with Crippen molar-refractivity contribution in [1.29, 1.82) is 0 Å². The average molecular weight is 415 g/mol. The first kappa shape index (κ1) is 20.5. The Kier molecular flexibility index (Phi) is 5.89. The van der Waals surface area contributed by atoms with Crippen LogP contribution in [0.4, 0.5) is 11.4 Å². The predicted molar refractivity (Wildman–Crippen MR) is 121 cm³/mol. The van der Waals surface area contributed by atoms with Crippen LogP contribution >= 0.6 is 0 Å². The number of fused-ring (bicyclic) bond motifs is 1. The fraction of sp³-hybridized carbons (Fsp3) is 0.200.